The molecule has 1 heterocycles. The number of methoxy groups -OCH3 is 1. The first-order valence-electron chi connectivity index (χ1n) is 29.1. The van der Waals surface area contributed by atoms with Crippen LogP contribution in [0.1, 0.15) is 190 Å². The van der Waals surface area contributed by atoms with Crippen molar-refractivity contribution in [2.45, 2.75) is 220 Å². The van der Waals surface area contributed by atoms with E-state index in [0.29, 0.717) is 30.8 Å². The third-order valence-electron chi connectivity index (χ3n) is 13.4. The molecule has 5 N–H and O–H groups in total. The van der Waals surface area contributed by atoms with Gasteiger partial charge in [-0.2, -0.15) is 23.5 Å². The molecular formula is C60H102N6O10S3. The van der Waals surface area contributed by atoms with Crippen LogP contribution in [0.3, 0.4) is 0 Å². The van der Waals surface area contributed by atoms with E-state index in [2.05, 4.69) is 86.0 Å². The second-order valence-electron chi connectivity index (χ2n) is 21.3. The molecule has 79 heavy (non-hydrogen) atoms. The van der Waals surface area contributed by atoms with Crippen LogP contribution in [0.2, 0.25) is 0 Å². The average molecular weight is 1160 g/mol. The first-order chi connectivity index (χ1) is 37.9. The summed E-state index contributed by atoms with van der Waals surface area (Å²) in [7, 11) is 1.27. The van der Waals surface area contributed by atoms with Crippen LogP contribution in [0, 0.1) is 5.92 Å². The molecule has 1 rings (SSSR count). The number of hydrogen-bond acceptors (Lipinski definition) is 13. The molecule has 1 saturated heterocycles. The number of alkyl carbamates (subject to hydrolysis) is 1. The second-order valence-corrected chi connectivity index (χ2v) is 24.5. The Hall–Kier alpha value is -4.23. The van der Waals surface area contributed by atoms with Gasteiger partial charge in [0.1, 0.15) is 36.8 Å². The van der Waals surface area contributed by atoms with Crippen LogP contribution >= 0.6 is 35.3 Å². The van der Waals surface area contributed by atoms with Gasteiger partial charge >= 0.3 is 12.1 Å². The molecule has 1 aliphatic heterocycles. The number of amides is 6. The molecule has 0 aliphatic carbocycles. The van der Waals surface area contributed by atoms with Crippen LogP contribution in [-0.4, -0.2) is 138 Å². The molecule has 0 unspecified atom stereocenters. The number of allylic oxidation sites excluding steroid dienone is 5. The van der Waals surface area contributed by atoms with Crippen LogP contribution in [-0.2, 0) is 43.0 Å². The third-order valence-corrected chi connectivity index (χ3v) is 16.1. The molecule has 450 valence electrons. The van der Waals surface area contributed by atoms with Crippen molar-refractivity contribution in [3.63, 3.8) is 0 Å². The molecule has 0 aromatic heterocycles. The van der Waals surface area contributed by atoms with Crippen LogP contribution in [0.25, 0.3) is 0 Å². The molecule has 19 heteroatoms. The summed E-state index contributed by atoms with van der Waals surface area (Å²) >= 11 is 3.89. The summed E-state index contributed by atoms with van der Waals surface area (Å²) in [6.45, 7) is 17.7. The summed E-state index contributed by atoms with van der Waals surface area (Å²) in [4.78, 5) is 109. The highest BCUT2D eigenvalue weighted by Gasteiger charge is 2.39. The van der Waals surface area contributed by atoms with Gasteiger partial charge in [-0.1, -0.05) is 157 Å². The summed E-state index contributed by atoms with van der Waals surface area (Å²) < 4.78 is 10.1. The van der Waals surface area contributed by atoms with Crippen molar-refractivity contribution in [1.29, 1.82) is 0 Å². The minimum absolute atomic E-state index is 0.0373. The predicted octanol–water partition coefficient (Wildman–Crippen LogP) is 10.7. The van der Waals surface area contributed by atoms with E-state index in [9.17, 15) is 38.4 Å². The lowest BCUT2D eigenvalue weighted by atomic mass is 10.0. The van der Waals surface area contributed by atoms with Crippen molar-refractivity contribution >= 4 is 82.0 Å². The lowest BCUT2D eigenvalue weighted by molar-refractivity contribution is -0.146. The Morgan fingerprint density at radius 1 is 0.709 bits per heavy atom. The molecular weight excluding hydrogens is 1060 g/mol. The number of esters is 1. The van der Waals surface area contributed by atoms with Gasteiger partial charge in [-0.05, 0) is 103 Å². The lowest BCUT2D eigenvalue weighted by Gasteiger charge is -2.30. The summed E-state index contributed by atoms with van der Waals surface area (Å²) in [5.74, 6) is -2.28. The number of rotatable bonds is 44. The number of carbonyl (C=O) groups is 8. The van der Waals surface area contributed by atoms with E-state index in [4.69, 9.17) is 9.47 Å². The molecule has 16 nitrogen and oxygen atoms in total. The number of ether oxygens (including phenoxy) is 2. The minimum Gasteiger partial charge on any atom is -0.467 e. The van der Waals surface area contributed by atoms with Gasteiger partial charge in [-0.25, -0.2) is 9.59 Å². The van der Waals surface area contributed by atoms with Crippen LogP contribution in [0.15, 0.2) is 47.6 Å². The number of nitrogens with zero attached hydrogens (tertiary/aromatic N) is 1. The highest BCUT2D eigenvalue weighted by molar-refractivity contribution is 8.13. The Kier molecular flexibility index (Phi) is 41.8. The average Bonchev–Trinajstić information content (AvgIpc) is 3.92. The summed E-state index contributed by atoms with van der Waals surface area (Å²) in [5, 5.41) is 13.3. The van der Waals surface area contributed by atoms with Crippen molar-refractivity contribution in [2.75, 3.05) is 56.1 Å². The summed E-state index contributed by atoms with van der Waals surface area (Å²) in [5.41, 5.74) is 3.94. The molecule has 6 amide bonds. The largest absolute Gasteiger partial charge is 0.467 e. The number of unbranched alkanes of at least 4 members (excludes halogenated alkanes) is 12. The van der Waals surface area contributed by atoms with Crippen molar-refractivity contribution in [3.8, 4) is 0 Å². The van der Waals surface area contributed by atoms with Gasteiger partial charge in [0.25, 0.3) is 0 Å². The molecule has 0 bridgehead atoms. The fourth-order valence-electron chi connectivity index (χ4n) is 8.85. The van der Waals surface area contributed by atoms with Crippen molar-refractivity contribution in [1.82, 2.24) is 31.5 Å². The SMILES string of the molecule is C=CCOC(=O)N[C@@H](CSC(=O)CCCCCCCCCCCCCCC)C(=O)N[C@@H](CCSC)C(=O)NCC(=O)N[C@@H](CC(C)C)C(=O)N1CCC[C@H]1C(=O)N[C@@H](CSC/C=C(\C)CC/C=C(\C)CCC=C(C)C)C(=O)OC. The van der Waals surface area contributed by atoms with E-state index in [1.807, 2.05) is 20.1 Å². The smallest absolute Gasteiger partial charge is 0.408 e. The van der Waals surface area contributed by atoms with E-state index >= 15 is 0 Å². The first-order valence-corrected chi connectivity index (χ1v) is 32.7. The van der Waals surface area contributed by atoms with Crippen LogP contribution in [0.4, 0.5) is 4.79 Å². The number of thioether (sulfide) groups is 3. The Bertz CT molecular complexity index is 1940. The van der Waals surface area contributed by atoms with E-state index in [-0.39, 0.29) is 48.5 Å². The fraction of sp³-hybridized carbons (Fsp3) is 0.733. The van der Waals surface area contributed by atoms with Crippen molar-refractivity contribution in [3.05, 3.63) is 47.6 Å². The quantitative estimate of drug-likeness (QED) is 0.0218. The fourth-order valence-corrected chi connectivity index (χ4v) is 11.2. The predicted molar refractivity (Wildman–Crippen MR) is 327 cm³/mol. The maximum atomic E-state index is 14.2. The van der Waals surface area contributed by atoms with Gasteiger partial charge in [0, 0.05) is 30.2 Å². The van der Waals surface area contributed by atoms with E-state index < -0.39 is 78.4 Å². The Labute approximate surface area is 488 Å². The standard InChI is InChI=1S/C60H102N6O10S3/c1-11-13-14-15-16-17-18-19-20-21-22-23-24-33-54(68)79-43-50(65-60(74)76-37-12-2)56(70)63-48(35-38-77-10)55(69)61-41-53(67)62-49(40-45(5)6)58(72)66-36-27-32-52(66)57(71)64-51(59(73)75-9)42-78-39-34-47(8)31-26-30-46(7)29-25-28-44(3)4/h12,28,30,34,45,48-52H,2,11,13-27,29,31-33,35-43H2,1,3-10H3,(H,61,69)(H,62,67)(H,63,70)(H,64,71)(H,65,74)/b46-30+,47-34+/t48-,49-,50-,51-,52-/m0/s1. The molecule has 0 spiro atoms. The lowest BCUT2D eigenvalue weighted by Crippen LogP contribution is -2.57. The summed E-state index contributed by atoms with van der Waals surface area (Å²) in [6, 6.07) is -5.16. The Morgan fingerprint density at radius 3 is 1.92 bits per heavy atom. The van der Waals surface area contributed by atoms with Gasteiger partial charge in [-0.15, -0.1) is 0 Å². The molecule has 5 atom stereocenters. The first kappa shape index (κ1) is 72.8. The third kappa shape index (κ3) is 35.3. The number of carbonyl (C=O) groups excluding carboxylic acids is 8. The van der Waals surface area contributed by atoms with Gasteiger partial charge < -0.3 is 41.0 Å². The van der Waals surface area contributed by atoms with E-state index in [0.717, 1.165) is 63.1 Å². The van der Waals surface area contributed by atoms with Gasteiger partial charge in [0.2, 0.25) is 29.5 Å². The molecule has 1 fully saturated rings. The van der Waals surface area contributed by atoms with Crippen molar-refractivity contribution in [2.24, 2.45) is 5.92 Å². The van der Waals surface area contributed by atoms with Crippen molar-refractivity contribution < 1.29 is 47.8 Å². The monoisotopic (exact) mass is 1160 g/mol. The van der Waals surface area contributed by atoms with Gasteiger partial charge in [0.15, 0.2) is 5.12 Å². The molecule has 0 radical (unpaired) electrons. The maximum Gasteiger partial charge on any atom is 0.408 e. The minimum atomic E-state index is -1.22. The number of hydrogen-bond donors (Lipinski definition) is 5. The summed E-state index contributed by atoms with van der Waals surface area (Å²) in [6.07, 6.45) is 30.1. The zero-order valence-electron chi connectivity index (χ0n) is 49.7. The van der Waals surface area contributed by atoms with E-state index in [1.165, 1.54) is 116 Å². The molecule has 0 aromatic rings. The second kappa shape index (κ2) is 45.4. The highest BCUT2D eigenvalue weighted by atomic mass is 32.2. The van der Waals surface area contributed by atoms with Crippen LogP contribution in [0.5, 0.6) is 0 Å². The van der Waals surface area contributed by atoms with Crippen LogP contribution < -0.4 is 26.6 Å². The molecule has 0 saturated carbocycles. The number of nitrogens with one attached hydrogen (secondary N) is 5. The Balaban J connectivity index is 2.89. The molecule has 1 aliphatic rings. The number of likely N-dealkylation sites (tertiary alicyclic amines) is 1. The van der Waals surface area contributed by atoms with E-state index in [1.54, 1.807) is 0 Å². The Morgan fingerprint density at radius 2 is 1.33 bits per heavy atom. The zero-order chi connectivity index (χ0) is 58.8. The highest BCUT2D eigenvalue weighted by Crippen LogP contribution is 2.22. The maximum absolute atomic E-state index is 14.2. The topological polar surface area (TPSA) is 218 Å². The van der Waals surface area contributed by atoms with Gasteiger partial charge in [0.05, 0.1) is 13.7 Å². The molecule has 0 aromatic carbocycles. The normalized spacial score (nSPS) is 15.1. The zero-order valence-corrected chi connectivity index (χ0v) is 52.2. The van der Waals surface area contributed by atoms with Gasteiger partial charge in [-0.3, -0.25) is 28.8 Å².